The van der Waals surface area contributed by atoms with Gasteiger partial charge in [-0.25, -0.2) is 18.1 Å². The van der Waals surface area contributed by atoms with Gasteiger partial charge in [0.1, 0.15) is 5.82 Å². The zero-order chi connectivity index (χ0) is 19.8. The third-order valence-electron chi connectivity index (χ3n) is 4.42. The summed E-state index contributed by atoms with van der Waals surface area (Å²) in [4.78, 5) is 5.71. The molecule has 0 aliphatic carbocycles. The van der Waals surface area contributed by atoms with E-state index >= 15 is 0 Å². The van der Waals surface area contributed by atoms with E-state index in [-0.39, 0.29) is 10.9 Å². The Balaban J connectivity index is 1.70. The van der Waals surface area contributed by atoms with Crippen LogP contribution in [0.4, 0.5) is 19.0 Å². The first-order valence-corrected chi connectivity index (χ1v) is 10.00. The minimum atomic E-state index is -4.44. The van der Waals surface area contributed by atoms with Crippen LogP contribution in [0.5, 0.6) is 0 Å². The van der Waals surface area contributed by atoms with Crippen LogP contribution < -0.4 is 9.62 Å². The Kier molecular flexibility index (Phi) is 5.38. The molecule has 3 rings (SSSR count). The number of halogens is 4. The highest BCUT2D eigenvalue weighted by molar-refractivity contribution is 7.89. The van der Waals surface area contributed by atoms with Gasteiger partial charge in [-0.05, 0) is 43.2 Å². The summed E-state index contributed by atoms with van der Waals surface area (Å²) in [6.07, 6.45) is -3.15. The number of benzene rings is 1. The molecule has 1 N–H and O–H groups in total. The highest BCUT2D eigenvalue weighted by Gasteiger charge is 2.32. The van der Waals surface area contributed by atoms with Crippen molar-refractivity contribution in [1.82, 2.24) is 9.71 Å². The summed E-state index contributed by atoms with van der Waals surface area (Å²) in [6, 6.07) is 6.54. The molecule has 0 bridgehead atoms. The Morgan fingerprint density at radius 3 is 2.63 bits per heavy atom. The maximum atomic E-state index is 12.6. The van der Waals surface area contributed by atoms with E-state index in [2.05, 4.69) is 9.71 Å². The van der Waals surface area contributed by atoms with Crippen LogP contribution >= 0.6 is 11.6 Å². The van der Waals surface area contributed by atoms with Crippen molar-refractivity contribution in [3.63, 3.8) is 0 Å². The van der Waals surface area contributed by atoms with E-state index in [1.807, 2.05) is 0 Å². The van der Waals surface area contributed by atoms with E-state index in [0.717, 1.165) is 12.3 Å². The lowest BCUT2D eigenvalue weighted by Crippen LogP contribution is -2.37. The van der Waals surface area contributed by atoms with E-state index in [0.29, 0.717) is 35.9 Å². The fourth-order valence-electron chi connectivity index (χ4n) is 2.97. The number of nitrogens with zero attached hydrogens (tertiary/aromatic N) is 2. The van der Waals surface area contributed by atoms with Crippen LogP contribution in [0.25, 0.3) is 0 Å². The lowest BCUT2D eigenvalue weighted by atomic mass is 10.2. The molecule has 1 aromatic carbocycles. The predicted molar refractivity (Wildman–Crippen MR) is 96.4 cm³/mol. The summed E-state index contributed by atoms with van der Waals surface area (Å²) in [7, 11) is -3.76. The number of alkyl halides is 3. The molecular weight excluding hydrogens is 403 g/mol. The Hall–Kier alpha value is -1.84. The summed E-state index contributed by atoms with van der Waals surface area (Å²) >= 11 is 6.00. The molecule has 0 unspecified atom stereocenters. The fraction of sp³-hybridized carbons (Fsp3) is 0.353. The second-order valence-electron chi connectivity index (χ2n) is 6.32. The van der Waals surface area contributed by atoms with Crippen LogP contribution in [0.3, 0.4) is 0 Å². The molecule has 1 fully saturated rings. The normalized spacial score (nSPS) is 18.1. The van der Waals surface area contributed by atoms with Crippen LogP contribution in [0.15, 0.2) is 41.4 Å². The summed E-state index contributed by atoms with van der Waals surface area (Å²) in [5.41, 5.74) is -0.356. The van der Waals surface area contributed by atoms with Gasteiger partial charge in [-0.2, -0.15) is 13.2 Å². The fourth-order valence-corrected chi connectivity index (χ4v) is 4.73. The number of sulfonamides is 1. The number of rotatable bonds is 4. The van der Waals surface area contributed by atoms with E-state index in [1.54, 1.807) is 24.0 Å². The Morgan fingerprint density at radius 1 is 1.26 bits per heavy atom. The third kappa shape index (κ3) is 4.36. The minimum absolute atomic E-state index is 0.112. The second kappa shape index (κ2) is 7.29. The van der Waals surface area contributed by atoms with E-state index in [9.17, 15) is 21.6 Å². The van der Waals surface area contributed by atoms with Crippen LogP contribution in [-0.2, 0) is 16.2 Å². The molecule has 1 aliphatic rings. The molecule has 27 heavy (non-hydrogen) atoms. The standard InChI is InChI=1S/C17H17ClF3N3O2S/c1-11-14(18)3-2-4-15(11)27(25,26)23-13-7-8-24(10-13)16-6-5-12(9-22-16)17(19,20)21/h2-6,9,13,23H,7-8,10H2,1H3/t13-/m1/s1. The van der Waals surface area contributed by atoms with E-state index < -0.39 is 21.8 Å². The predicted octanol–water partition coefficient (Wildman–Crippen LogP) is 3.62. The first kappa shape index (κ1) is 19.9. The molecule has 0 saturated carbocycles. The van der Waals surface area contributed by atoms with Crippen molar-refractivity contribution in [3.05, 3.63) is 52.7 Å². The van der Waals surface area contributed by atoms with Crippen LogP contribution in [0, 0.1) is 6.92 Å². The van der Waals surface area contributed by atoms with Gasteiger partial charge in [-0.1, -0.05) is 17.7 Å². The first-order valence-electron chi connectivity index (χ1n) is 8.13. The average molecular weight is 420 g/mol. The van der Waals surface area contributed by atoms with Crippen molar-refractivity contribution in [2.45, 2.75) is 30.5 Å². The zero-order valence-electron chi connectivity index (χ0n) is 14.3. The van der Waals surface area contributed by atoms with Gasteiger partial charge in [0.15, 0.2) is 0 Å². The van der Waals surface area contributed by atoms with Gasteiger partial charge >= 0.3 is 6.18 Å². The third-order valence-corrected chi connectivity index (χ3v) is 6.49. The van der Waals surface area contributed by atoms with Crippen LogP contribution in [0.2, 0.25) is 5.02 Å². The van der Waals surface area contributed by atoms with Gasteiger partial charge in [0.05, 0.1) is 10.5 Å². The summed E-state index contributed by atoms with van der Waals surface area (Å²) in [5, 5.41) is 0.361. The lowest BCUT2D eigenvalue weighted by Gasteiger charge is -2.19. The summed E-state index contributed by atoms with van der Waals surface area (Å²) in [5.74, 6) is 0.378. The van der Waals surface area contributed by atoms with Crippen molar-refractivity contribution in [2.75, 3.05) is 18.0 Å². The molecule has 0 radical (unpaired) electrons. The number of hydrogen-bond acceptors (Lipinski definition) is 4. The molecule has 2 aromatic rings. The van der Waals surface area contributed by atoms with Gasteiger partial charge < -0.3 is 4.90 Å². The quantitative estimate of drug-likeness (QED) is 0.822. The number of nitrogens with one attached hydrogen (secondary N) is 1. The number of hydrogen-bond donors (Lipinski definition) is 1. The van der Waals surface area contributed by atoms with Gasteiger partial charge in [0.2, 0.25) is 10.0 Å². The van der Waals surface area contributed by atoms with Crippen molar-refractivity contribution >= 4 is 27.4 Å². The lowest BCUT2D eigenvalue weighted by molar-refractivity contribution is -0.137. The SMILES string of the molecule is Cc1c(Cl)cccc1S(=O)(=O)N[C@@H]1CCN(c2ccc(C(F)(F)F)cn2)C1. The maximum absolute atomic E-state index is 12.6. The van der Waals surface area contributed by atoms with Crippen molar-refractivity contribution in [2.24, 2.45) is 0 Å². The number of pyridine rings is 1. The monoisotopic (exact) mass is 419 g/mol. The van der Waals surface area contributed by atoms with Gasteiger partial charge in [0, 0.05) is 30.4 Å². The molecule has 2 heterocycles. The highest BCUT2D eigenvalue weighted by Crippen LogP contribution is 2.30. The second-order valence-corrected chi connectivity index (χ2v) is 8.41. The smallest absolute Gasteiger partial charge is 0.355 e. The molecular formula is C17H17ClF3N3O2S. The van der Waals surface area contributed by atoms with E-state index in [1.165, 1.54) is 12.1 Å². The van der Waals surface area contributed by atoms with Crippen molar-refractivity contribution in [3.8, 4) is 0 Å². The Labute approximate surface area is 160 Å². The Morgan fingerprint density at radius 2 is 2.00 bits per heavy atom. The number of anilines is 1. The molecule has 10 heteroatoms. The summed E-state index contributed by atoms with van der Waals surface area (Å²) < 4.78 is 65.8. The molecule has 5 nitrogen and oxygen atoms in total. The molecule has 1 aliphatic heterocycles. The molecule has 1 atom stereocenters. The molecule has 146 valence electrons. The van der Waals surface area contributed by atoms with Gasteiger partial charge in [-0.15, -0.1) is 0 Å². The molecule has 1 saturated heterocycles. The van der Waals surface area contributed by atoms with Crippen LogP contribution in [0.1, 0.15) is 17.5 Å². The van der Waals surface area contributed by atoms with Gasteiger partial charge in [0.25, 0.3) is 0 Å². The molecule has 0 spiro atoms. The summed E-state index contributed by atoms with van der Waals surface area (Å²) in [6.45, 7) is 2.43. The first-order chi connectivity index (χ1) is 12.6. The van der Waals surface area contributed by atoms with Crippen molar-refractivity contribution in [1.29, 1.82) is 0 Å². The zero-order valence-corrected chi connectivity index (χ0v) is 15.9. The molecule has 1 aromatic heterocycles. The largest absolute Gasteiger partial charge is 0.417 e. The van der Waals surface area contributed by atoms with Crippen LogP contribution in [-0.4, -0.2) is 32.5 Å². The van der Waals surface area contributed by atoms with E-state index in [4.69, 9.17) is 11.6 Å². The topological polar surface area (TPSA) is 62.3 Å². The highest BCUT2D eigenvalue weighted by atomic mass is 35.5. The van der Waals surface area contributed by atoms with Crippen molar-refractivity contribution < 1.29 is 21.6 Å². The maximum Gasteiger partial charge on any atom is 0.417 e. The average Bonchev–Trinajstić information content (AvgIpc) is 3.04. The Bertz CT molecular complexity index is 933. The minimum Gasteiger partial charge on any atom is -0.355 e. The van der Waals surface area contributed by atoms with Gasteiger partial charge in [-0.3, -0.25) is 0 Å². The molecule has 0 amide bonds. The number of aromatic nitrogens is 1.